The molecule has 0 fully saturated rings. The van der Waals surface area contributed by atoms with Crippen molar-refractivity contribution >= 4 is 19.7 Å². The van der Waals surface area contributed by atoms with E-state index in [-0.39, 0.29) is 6.42 Å². The monoisotopic (exact) mass is 296 g/mol. The van der Waals surface area contributed by atoms with Crippen molar-refractivity contribution in [3.05, 3.63) is 30.3 Å². The predicted octanol–water partition coefficient (Wildman–Crippen LogP) is 2.66. The molecule has 1 rings (SSSR count). The van der Waals surface area contributed by atoms with Crippen molar-refractivity contribution in [2.45, 2.75) is 39.2 Å². The Hall–Kier alpha value is -1.17. The summed E-state index contributed by atoms with van der Waals surface area (Å²) in [5.41, 5.74) is 0. The van der Waals surface area contributed by atoms with Crippen molar-refractivity contribution in [3.63, 3.8) is 0 Å². The maximum Gasteiger partial charge on any atom is 0.373 e. The van der Waals surface area contributed by atoms with Crippen LogP contribution in [-0.2, 0) is 13.6 Å². The summed E-state index contributed by atoms with van der Waals surface area (Å²) in [6.45, 7) is 5.29. The smallest absolute Gasteiger partial charge is 0.373 e. The van der Waals surface area contributed by atoms with Gasteiger partial charge in [-0.25, -0.2) is 0 Å². The van der Waals surface area contributed by atoms with E-state index in [2.05, 4.69) is 0 Å². The first-order valence-electron chi connectivity index (χ1n) is 7.20. The summed E-state index contributed by atoms with van der Waals surface area (Å²) in [6.07, 6.45) is 1.86. The van der Waals surface area contributed by atoms with Crippen LogP contribution in [0.2, 0.25) is 6.04 Å². The van der Waals surface area contributed by atoms with Gasteiger partial charge in [-0.05, 0) is 18.0 Å². The van der Waals surface area contributed by atoms with Crippen LogP contribution < -0.4 is 5.19 Å². The molecule has 0 saturated heterocycles. The van der Waals surface area contributed by atoms with Gasteiger partial charge in [0.2, 0.25) is 0 Å². The van der Waals surface area contributed by atoms with Gasteiger partial charge >= 0.3 is 14.5 Å². The van der Waals surface area contributed by atoms with Gasteiger partial charge in [0.1, 0.15) is 0 Å². The van der Waals surface area contributed by atoms with Gasteiger partial charge in [0.25, 0.3) is 0 Å². The first kappa shape index (κ1) is 16.9. The minimum atomic E-state index is -2.66. The molecule has 0 atom stereocenters. The van der Waals surface area contributed by atoms with Crippen LogP contribution in [0.3, 0.4) is 0 Å². The molecule has 0 saturated carbocycles. The summed E-state index contributed by atoms with van der Waals surface area (Å²) in [7, 11) is -2.66. The van der Waals surface area contributed by atoms with Gasteiger partial charge in [-0.15, -0.1) is 0 Å². The van der Waals surface area contributed by atoms with Crippen LogP contribution in [0.25, 0.3) is 0 Å². The Labute approximate surface area is 122 Å². The second-order valence-electron chi connectivity index (χ2n) is 4.71. The average molecular weight is 296 g/mol. The summed E-state index contributed by atoms with van der Waals surface area (Å²) < 4.78 is 12.1. The van der Waals surface area contributed by atoms with Gasteiger partial charge in [0.05, 0.1) is 0 Å². The molecular weight excluding hydrogens is 272 g/mol. The van der Waals surface area contributed by atoms with E-state index in [1.54, 1.807) is 0 Å². The highest BCUT2D eigenvalue weighted by atomic mass is 28.4. The molecule has 0 bridgehead atoms. The quantitative estimate of drug-likeness (QED) is 0.674. The number of carboxylic acid groups (broad SMARTS) is 1. The number of hydrogen-bond donors (Lipinski definition) is 1. The highest BCUT2D eigenvalue weighted by Crippen LogP contribution is 2.18. The van der Waals surface area contributed by atoms with Crippen molar-refractivity contribution in [1.29, 1.82) is 0 Å². The molecule has 5 heteroatoms. The van der Waals surface area contributed by atoms with E-state index in [0.717, 1.165) is 18.0 Å². The Balaban J connectivity index is 2.99. The Bertz CT molecular complexity index is 386. The van der Waals surface area contributed by atoms with Crippen molar-refractivity contribution in [1.82, 2.24) is 0 Å². The standard InChI is InChI=1S/C15H24O4Si/c1-3-11-18-20(19-12-4-2,13-10-15(16)17)14-8-6-5-7-9-14/h5-9H,3-4,10-13H2,1-2H3,(H,16,17). The number of rotatable bonds is 10. The van der Waals surface area contributed by atoms with Crippen molar-refractivity contribution in [3.8, 4) is 0 Å². The highest BCUT2D eigenvalue weighted by Gasteiger charge is 2.40. The molecule has 1 aromatic carbocycles. The average Bonchev–Trinajstić information content (AvgIpc) is 2.48. The molecule has 0 unspecified atom stereocenters. The van der Waals surface area contributed by atoms with Gasteiger partial charge < -0.3 is 14.0 Å². The van der Waals surface area contributed by atoms with Crippen LogP contribution in [0, 0.1) is 0 Å². The lowest BCUT2D eigenvalue weighted by Gasteiger charge is -2.30. The largest absolute Gasteiger partial charge is 0.481 e. The maximum atomic E-state index is 10.9. The molecule has 0 radical (unpaired) electrons. The van der Waals surface area contributed by atoms with E-state index in [1.165, 1.54) is 0 Å². The third kappa shape index (κ3) is 5.07. The normalized spacial score (nSPS) is 11.5. The minimum Gasteiger partial charge on any atom is -0.481 e. The van der Waals surface area contributed by atoms with Gasteiger partial charge in [0.15, 0.2) is 0 Å². The molecule has 20 heavy (non-hydrogen) atoms. The summed E-state index contributed by atoms with van der Waals surface area (Å²) in [5.74, 6) is -0.807. The fourth-order valence-corrected chi connectivity index (χ4v) is 5.30. The molecule has 1 aromatic rings. The lowest BCUT2D eigenvalue weighted by Crippen LogP contribution is -2.54. The van der Waals surface area contributed by atoms with E-state index in [4.69, 9.17) is 14.0 Å². The third-order valence-corrected chi connectivity index (χ3v) is 6.42. The van der Waals surface area contributed by atoms with Crippen molar-refractivity contribution < 1.29 is 18.8 Å². The molecule has 0 aliphatic carbocycles. The molecule has 0 spiro atoms. The Morgan fingerprint density at radius 1 is 1.10 bits per heavy atom. The lowest BCUT2D eigenvalue weighted by atomic mass is 10.4. The van der Waals surface area contributed by atoms with Gasteiger partial charge in [-0.1, -0.05) is 44.2 Å². The number of hydrogen-bond acceptors (Lipinski definition) is 3. The van der Waals surface area contributed by atoms with Gasteiger partial charge in [0, 0.05) is 25.7 Å². The Morgan fingerprint density at radius 3 is 2.10 bits per heavy atom. The molecule has 0 heterocycles. The number of carbonyl (C=O) groups is 1. The Morgan fingerprint density at radius 2 is 1.65 bits per heavy atom. The lowest BCUT2D eigenvalue weighted by molar-refractivity contribution is -0.136. The number of benzene rings is 1. The molecule has 0 aliphatic rings. The fraction of sp³-hybridized carbons (Fsp3) is 0.533. The molecule has 1 N–H and O–H groups in total. The van der Waals surface area contributed by atoms with Gasteiger partial charge in [-0.3, -0.25) is 4.79 Å². The zero-order valence-electron chi connectivity index (χ0n) is 12.3. The van der Waals surface area contributed by atoms with Crippen LogP contribution in [0.4, 0.5) is 0 Å². The van der Waals surface area contributed by atoms with Gasteiger partial charge in [-0.2, -0.15) is 0 Å². The second kappa shape index (κ2) is 8.89. The van der Waals surface area contributed by atoms with Crippen LogP contribution in [0.15, 0.2) is 30.3 Å². The highest BCUT2D eigenvalue weighted by molar-refractivity contribution is 6.81. The van der Waals surface area contributed by atoms with Crippen LogP contribution in [0.1, 0.15) is 33.1 Å². The SMILES string of the molecule is CCCO[Si](CCC(=O)O)(OCCC)c1ccccc1. The summed E-state index contributed by atoms with van der Waals surface area (Å²) in [4.78, 5) is 10.9. The number of aliphatic carboxylic acids is 1. The first-order chi connectivity index (χ1) is 9.64. The van der Waals surface area contributed by atoms with E-state index in [1.807, 2.05) is 44.2 Å². The topological polar surface area (TPSA) is 55.8 Å². The molecule has 0 amide bonds. The maximum absolute atomic E-state index is 10.9. The summed E-state index contributed by atoms with van der Waals surface area (Å²) >= 11 is 0. The molecule has 112 valence electrons. The zero-order valence-corrected chi connectivity index (χ0v) is 13.3. The first-order valence-corrected chi connectivity index (χ1v) is 9.22. The summed E-state index contributed by atoms with van der Waals surface area (Å²) in [5, 5.41) is 10.0. The van der Waals surface area contributed by atoms with Crippen molar-refractivity contribution in [2.24, 2.45) is 0 Å². The Kier molecular flexibility index (Phi) is 7.50. The second-order valence-corrected chi connectivity index (χ2v) is 7.87. The molecule has 0 aliphatic heterocycles. The fourth-order valence-electron chi connectivity index (χ4n) is 1.99. The zero-order chi connectivity index (χ0) is 14.8. The number of carboxylic acids is 1. The summed E-state index contributed by atoms with van der Waals surface area (Å²) in [6, 6.07) is 10.3. The molecule has 0 aromatic heterocycles. The van der Waals surface area contributed by atoms with E-state index in [9.17, 15) is 4.79 Å². The molecular formula is C15H24O4Si. The van der Waals surface area contributed by atoms with Crippen molar-refractivity contribution in [2.75, 3.05) is 13.2 Å². The van der Waals surface area contributed by atoms with E-state index in [0.29, 0.717) is 19.3 Å². The van der Waals surface area contributed by atoms with Crippen LogP contribution in [0.5, 0.6) is 0 Å². The minimum absolute atomic E-state index is 0.0779. The van der Waals surface area contributed by atoms with Crippen LogP contribution >= 0.6 is 0 Å². The van der Waals surface area contributed by atoms with Crippen LogP contribution in [-0.4, -0.2) is 32.9 Å². The third-order valence-electron chi connectivity index (χ3n) is 2.96. The van der Waals surface area contributed by atoms with E-state index >= 15 is 0 Å². The van der Waals surface area contributed by atoms with E-state index < -0.39 is 14.5 Å². The predicted molar refractivity (Wildman–Crippen MR) is 81.4 cm³/mol. The molecule has 4 nitrogen and oxygen atoms in total.